The van der Waals surface area contributed by atoms with Crippen molar-refractivity contribution in [3.63, 3.8) is 0 Å². The Labute approximate surface area is 298 Å². The van der Waals surface area contributed by atoms with Gasteiger partial charge in [-0.3, -0.25) is 13.8 Å². The van der Waals surface area contributed by atoms with Gasteiger partial charge in [0.2, 0.25) is 11.8 Å². The van der Waals surface area contributed by atoms with Gasteiger partial charge in [0.1, 0.15) is 6.42 Å². The summed E-state index contributed by atoms with van der Waals surface area (Å²) in [4.78, 5) is 31.7. The Morgan fingerprint density at radius 3 is 2.21 bits per heavy atom. The molecule has 0 saturated carbocycles. The fourth-order valence-electron chi connectivity index (χ4n) is 6.95. The number of halogens is 6. The zero-order valence-corrected chi connectivity index (χ0v) is 29.9. The Bertz CT molecular complexity index is 1640. The largest absolute Gasteiger partial charge is 0.397 e. The third-order valence-corrected chi connectivity index (χ3v) is 12.5. The van der Waals surface area contributed by atoms with Gasteiger partial charge < -0.3 is 14.7 Å². The molecule has 0 N–H and O–H groups in total. The van der Waals surface area contributed by atoms with Crippen LogP contribution in [0.5, 0.6) is 0 Å². The monoisotopic (exact) mass is 743 g/mol. The molecule has 2 atom stereocenters. The van der Waals surface area contributed by atoms with E-state index in [1.54, 1.807) is 30.1 Å². The van der Waals surface area contributed by atoms with Crippen LogP contribution in [0.2, 0.25) is 10.0 Å². The first-order valence-corrected chi connectivity index (χ1v) is 17.6. The lowest BCUT2D eigenvalue weighted by Gasteiger charge is -2.47. The molecule has 1 saturated heterocycles. The van der Waals surface area contributed by atoms with Crippen LogP contribution in [0.15, 0.2) is 72.8 Å². The molecule has 2 unspecified atom stereocenters. The Morgan fingerprint density at radius 2 is 1.56 bits per heavy atom. The van der Waals surface area contributed by atoms with Crippen LogP contribution in [-0.2, 0) is 42.8 Å². The zero-order chi connectivity index (χ0) is 34.0. The van der Waals surface area contributed by atoms with Crippen molar-refractivity contribution in [1.82, 2.24) is 14.7 Å². The lowest BCUT2D eigenvalue weighted by atomic mass is 9.82. The van der Waals surface area contributed by atoms with Crippen LogP contribution in [0.1, 0.15) is 47.9 Å². The maximum absolute atomic E-state index is 14.0. The van der Waals surface area contributed by atoms with E-state index in [0.29, 0.717) is 43.8 Å². The number of alkyl halides is 3. The van der Waals surface area contributed by atoms with Gasteiger partial charge in [-0.25, -0.2) is 0 Å². The Balaban J connectivity index is 0.00000520. The van der Waals surface area contributed by atoms with Gasteiger partial charge in [0.05, 0.1) is 26.8 Å². The predicted octanol–water partition coefficient (Wildman–Crippen LogP) is 7.37. The van der Waals surface area contributed by atoms with E-state index in [1.807, 2.05) is 48.5 Å². The van der Waals surface area contributed by atoms with Crippen molar-refractivity contribution < 1.29 is 27.0 Å². The van der Waals surface area contributed by atoms with Crippen LogP contribution in [-0.4, -0.2) is 77.2 Å². The highest BCUT2D eigenvalue weighted by Crippen LogP contribution is 2.47. The highest BCUT2D eigenvalue weighted by Gasteiger charge is 2.48. The second kappa shape index (κ2) is 15.5. The minimum absolute atomic E-state index is 0. The van der Waals surface area contributed by atoms with E-state index in [4.69, 9.17) is 23.2 Å². The number of rotatable bonds is 10. The molecule has 0 radical (unpaired) electrons. The summed E-state index contributed by atoms with van der Waals surface area (Å²) in [5, 5.41) is 0.513. The van der Waals surface area contributed by atoms with E-state index in [2.05, 4.69) is 11.0 Å². The highest BCUT2D eigenvalue weighted by atomic mass is 35.5. The van der Waals surface area contributed by atoms with Gasteiger partial charge in [0.25, 0.3) is 0 Å². The number of likely N-dealkylation sites (N-methyl/N-ethyl adjacent to an activating group) is 2. The second-order valence-corrected chi connectivity index (χ2v) is 15.1. The highest BCUT2D eigenvalue weighted by molar-refractivity contribution is 7.85. The summed E-state index contributed by atoms with van der Waals surface area (Å²) in [7, 11) is 1.92. The van der Waals surface area contributed by atoms with Crippen LogP contribution < -0.4 is 0 Å². The topological polar surface area (TPSA) is 60.9 Å². The number of benzene rings is 3. The van der Waals surface area contributed by atoms with E-state index < -0.39 is 39.6 Å². The van der Waals surface area contributed by atoms with Crippen molar-refractivity contribution in [2.45, 2.75) is 54.3 Å². The molecular weight excluding hydrogens is 706 g/mol. The number of hydrogen-bond donors (Lipinski definition) is 0. The molecule has 6 nitrogen and oxygen atoms in total. The van der Waals surface area contributed by atoms with E-state index in [1.165, 1.54) is 7.05 Å². The predicted molar refractivity (Wildman–Crippen MR) is 187 cm³/mol. The van der Waals surface area contributed by atoms with Crippen molar-refractivity contribution in [3.05, 3.63) is 105 Å². The number of carbonyl (C=O) groups is 2. The quantitative estimate of drug-likeness (QED) is 0.218. The number of nitrogens with zero attached hydrogens (tertiary/aromatic N) is 3. The first-order valence-electron chi connectivity index (χ1n) is 15.5. The van der Waals surface area contributed by atoms with Crippen molar-refractivity contribution in [2.24, 2.45) is 0 Å². The maximum atomic E-state index is 14.0. The van der Waals surface area contributed by atoms with Crippen LogP contribution in [0.3, 0.4) is 0 Å². The summed E-state index contributed by atoms with van der Waals surface area (Å²) in [5.41, 5.74) is 2.36. The molecule has 13 heteroatoms. The summed E-state index contributed by atoms with van der Waals surface area (Å²) < 4.78 is 52.9. The van der Waals surface area contributed by atoms with Gasteiger partial charge >= 0.3 is 6.18 Å². The average molecular weight is 745 g/mol. The molecule has 1 spiro atoms. The summed E-state index contributed by atoms with van der Waals surface area (Å²) in [6, 6.07) is 22.2. The van der Waals surface area contributed by atoms with Crippen molar-refractivity contribution in [3.8, 4) is 0 Å². The van der Waals surface area contributed by atoms with Gasteiger partial charge in [0.15, 0.2) is 0 Å². The van der Waals surface area contributed by atoms with Gasteiger partial charge in [-0.05, 0) is 66.7 Å². The van der Waals surface area contributed by atoms with Gasteiger partial charge in [0, 0.05) is 43.7 Å². The Morgan fingerprint density at radius 1 is 0.917 bits per heavy atom. The molecule has 260 valence electrons. The smallest absolute Gasteiger partial charge is 0.343 e. The van der Waals surface area contributed by atoms with E-state index in [-0.39, 0.29) is 47.7 Å². The summed E-state index contributed by atoms with van der Waals surface area (Å²) in [5.74, 6) is -0.828. The molecule has 3 aromatic rings. The second-order valence-electron chi connectivity index (χ2n) is 12.6. The molecule has 2 heterocycles. The Hall–Kier alpha value is -2.63. The van der Waals surface area contributed by atoms with Crippen LogP contribution in [0, 0.1) is 0 Å². The van der Waals surface area contributed by atoms with Crippen molar-refractivity contribution >= 4 is 58.2 Å². The fourth-order valence-corrected chi connectivity index (χ4v) is 9.14. The van der Waals surface area contributed by atoms with Crippen LogP contribution in [0.25, 0.3) is 0 Å². The van der Waals surface area contributed by atoms with Crippen molar-refractivity contribution in [1.29, 1.82) is 0 Å². The maximum Gasteiger partial charge on any atom is 0.397 e. The van der Waals surface area contributed by atoms with E-state index >= 15 is 0 Å². The lowest BCUT2D eigenvalue weighted by molar-refractivity contribution is -0.162. The molecule has 0 aliphatic carbocycles. The molecule has 0 bridgehead atoms. The SMILES string of the molecule is CN(CC(CCN1CCC2(CC1)c1ccccc1CS2=O)(c1ccc(Cl)c(Cl)c1)N(C)C(=O)Cc1ccccc1)C(=O)CC(F)(F)F.Cl. The summed E-state index contributed by atoms with van der Waals surface area (Å²) in [6.07, 6.45) is -4.56. The molecule has 2 aliphatic heterocycles. The molecule has 3 aromatic carbocycles. The number of piperidine rings is 1. The number of hydrogen-bond acceptors (Lipinski definition) is 4. The van der Waals surface area contributed by atoms with Gasteiger partial charge in [-0.15, -0.1) is 12.4 Å². The standard InChI is InChI=1S/C35H38Cl2F3N3O3S.ClH/c1-41(32(45)22-35(38,39)40)24-33(27-12-13-29(36)30(37)21-27,42(2)31(44)20-25-8-4-3-5-9-25)14-17-43-18-15-34(16-19-43)28-11-7-6-10-26(28)23-47(34)46;/h3-13,21H,14-20,22-24H2,1-2H3;1H. The van der Waals surface area contributed by atoms with E-state index in [9.17, 15) is 27.0 Å². The van der Waals surface area contributed by atoms with Crippen LogP contribution in [0.4, 0.5) is 13.2 Å². The fraction of sp³-hybridized carbons (Fsp3) is 0.429. The molecule has 0 aromatic heterocycles. The minimum Gasteiger partial charge on any atom is -0.343 e. The first-order chi connectivity index (χ1) is 22.2. The van der Waals surface area contributed by atoms with Gasteiger partial charge in [-0.2, -0.15) is 13.2 Å². The molecule has 2 amide bonds. The zero-order valence-electron chi connectivity index (χ0n) is 26.8. The molecule has 5 rings (SSSR count). The molecular formula is C35H39Cl3F3N3O3S. The number of likely N-dealkylation sites (tertiary alicyclic amines) is 1. The normalized spacial score (nSPS) is 18.4. The third kappa shape index (κ3) is 8.21. The average Bonchev–Trinajstić information content (AvgIpc) is 3.30. The van der Waals surface area contributed by atoms with Gasteiger partial charge in [-0.1, -0.05) is 83.9 Å². The summed E-state index contributed by atoms with van der Waals surface area (Å²) in [6.45, 7) is 1.57. The number of amides is 2. The Kier molecular flexibility index (Phi) is 12.3. The third-order valence-electron chi connectivity index (χ3n) is 9.68. The van der Waals surface area contributed by atoms with Crippen LogP contribution >= 0.6 is 35.6 Å². The number of fused-ring (bicyclic) bond motifs is 2. The van der Waals surface area contributed by atoms with Crippen molar-refractivity contribution in [2.75, 3.05) is 40.3 Å². The lowest BCUT2D eigenvalue weighted by Crippen LogP contribution is -2.56. The molecule has 1 fully saturated rings. The van der Waals surface area contributed by atoms with E-state index in [0.717, 1.165) is 21.6 Å². The molecule has 2 aliphatic rings. The minimum atomic E-state index is -4.69. The summed E-state index contributed by atoms with van der Waals surface area (Å²) >= 11 is 12.8. The first kappa shape index (κ1) is 38.2. The number of carbonyl (C=O) groups excluding carboxylic acids is 2. The molecule has 48 heavy (non-hydrogen) atoms.